The maximum Gasteiger partial charge on any atom is 0.422 e. The fourth-order valence-electron chi connectivity index (χ4n) is 2.22. The van der Waals surface area contributed by atoms with Gasteiger partial charge in [0.05, 0.1) is 0 Å². The van der Waals surface area contributed by atoms with Crippen molar-refractivity contribution >= 4 is 28.7 Å². The molecule has 2 N–H and O–H groups in total. The molecule has 2 rings (SSSR count). The zero-order chi connectivity index (χ0) is 23.2. The minimum atomic E-state index is -4.66. The van der Waals surface area contributed by atoms with Gasteiger partial charge in [-0.3, -0.25) is 0 Å². The van der Waals surface area contributed by atoms with Crippen molar-refractivity contribution in [2.75, 3.05) is 23.8 Å². The number of nitrogens with one attached hydrogen (secondary N) is 2. The first-order valence-electron chi connectivity index (χ1n) is 8.63. The van der Waals surface area contributed by atoms with E-state index >= 15 is 0 Å². The van der Waals surface area contributed by atoms with Gasteiger partial charge in [-0.25, -0.2) is 8.78 Å². The van der Waals surface area contributed by atoms with Crippen LogP contribution >= 0.6 is 12.2 Å². The quantitative estimate of drug-likeness (QED) is 0.365. The first kappa shape index (κ1) is 24.5. The molecule has 0 spiro atoms. The molecule has 170 valence electrons. The number of hydrogen-bond donors (Lipinski definition) is 2. The largest absolute Gasteiger partial charge is 0.487 e. The molecule has 0 radical (unpaired) electrons. The van der Waals surface area contributed by atoms with Crippen LogP contribution in [0.4, 0.5) is 42.1 Å². The van der Waals surface area contributed by atoms with Crippen LogP contribution in [0.25, 0.3) is 0 Å². The van der Waals surface area contributed by atoms with Crippen molar-refractivity contribution in [3.8, 4) is 11.5 Å². The molecule has 0 amide bonds. The topological polar surface area (TPSA) is 42.5 Å². The molecule has 0 fully saturated rings. The molecule has 0 heterocycles. The van der Waals surface area contributed by atoms with Crippen LogP contribution < -0.4 is 20.1 Å². The van der Waals surface area contributed by atoms with Gasteiger partial charge in [0.15, 0.2) is 18.3 Å². The van der Waals surface area contributed by atoms with Crippen LogP contribution in [0.15, 0.2) is 42.5 Å². The van der Waals surface area contributed by atoms with Crippen LogP contribution in [0.3, 0.4) is 0 Å². The Morgan fingerprint density at radius 3 is 2.06 bits per heavy atom. The summed E-state index contributed by atoms with van der Waals surface area (Å²) in [7, 11) is 0. The Morgan fingerprint density at radius 2 is 1.52 bits per heavy atom. The summed E-state index contributed by atoms with van der Waals surface area (Å²) in [5.74, 6) is -5.25. The predicted octanol–water partition coefficient (Wildman–Crippen LogP) is 6.02. The van der Waals surface area contributed by atoms with Crippen molar-refractivity contribution in [2.24, 2.45) is 0 Å². The molecule has 0 aliphatic heterocycles. The van der Waals surface area contributed by atoms with Gasteiger partial charge >= 0.3 is 18.5 Å². The highest BCUT2D eigenvalue weighted by Gasteiger charge is 2.41. The van der Waals surface area contributed by atoms with Crippen LogP contribution in [-0.4, -0.2) is 36.9 Å². The monoisotopic (exact) mass is 470 g/mol. The highest BCUT2D eigenvalue weighted by molar-refractivity contribution is 7.80. The number of thiocarbonyl (C=S) groups is 1. The Bertz CT molecular complexity index is 907. The maximum atomic E-state index is 13.1. The number of para-hydroxylation sites is 1. The zero-order valence-corrected chi connectivity index (χ0v) is 16.7. The lowest BCUT2D eigenvalue weighted by Gasteiger charge is -2.18. The van der Waals surface area contributed by atoms with E-state index in [1.165, 1.54) is 0 Å². The number of hydrogen-bond acceptors (Lipinski definition) is 3. The number of aryl methyl sites for hydroxylation is 1. The molecule has 0 aliphatic carbocycles. The second-order valence-corrected chi connectivity index (χ2v) is 6.75. The molecule has 0 atom stereocenters. The third kappa shape index (κ3) is 8.12. The SMILES string of the molecule is Cc1ccccc1NC(=S)Nc1cc(OCC(F)(F)F)cc(OCC(F)(F)C(F)F)c1. The summed E-state index contributed by atoms with van der Waals surface area (Å²) in [5, 5.41) is 5.56. The van der Waals surface area contributed by atoms with Gasteiger partial charge in [-0.05, 0) is 30.8 Å². The molecule has 4 nitrogen and oxygen atoms in total. The van der Waals surface area contributed by atoms with Gasteiger partial charge < -0.3 is 20.1 Å². The van der Waals surface area contributed by atoms with Gasteiger partial charge in [0, 0.05) is 29.6 Å². The van der Waals surface area contributed by atoms with Crippen molar-refractivity contribution in [3.05, 3.63) is 48.0 Å². The van der Waals surface area contributed by atoms with Crippen LogP contribution in [-0.2, 0) is 0 Å². The summed E-state index contributed by atoms with van der Waals surface area (Å²) in [6, 6.07) is 10.2. The molecule has 0 bridgehead atoms. The summed E-state index contributed by atoms with van der Waals surface area (Å²) in [5.41, 5.74) is 1.53. The summed E-state index contributed by atoms with van der Waals surface area (Å²) in [6.45, 7) is -1.53. The molecule has 31 heavy (non-hydrogen) atoms. The Kier molecular flexibility index (Phi) is 7.93. The summed E-state index contributed by atoms with van der Waals surface area (Å²) in [6.07, 6.45) is -8.63. The van der Waals surface area contributed by atoms with Crippen LogP contribution in [0.5, 0.6) is 11.5 Å². The van der Waals surface area contributed by atoms with Crippen LogP contribution in [0.1, 0.15) is 5.56 Å². The van der Waals surface area contributed by atoms with E-state index in [1.54, 1.807) is 18.2 Å². The highest BCUT2D eigenvalue weighted by atomic mass is 32.1. The summed E-state index contributed by atoms with van der Waals surface area (Å²) in [4.78, 5) is 0. The Morgan fingerprint density at radius 1 is 0.935 bits per heavy atom. The first-order chi connectivity index (χ1) is 14.4. The van der Waals surface area contributed by atoms with E-state index in [9.17, 15) is 30.7 Å². The third-order valence-electron chi connectivity index (χ3n) is 3.68. The normalized spacial score (nSPS) is 11.9. The summed E-state index contributed by atoms with van der Waals surface area (Å²) < 4.78 is 97.5. The number of benzene rings is 2. The van der Waals surface area contributed by atoms with Crippen LogP contribution in [0.2, 0.25) is 0 Å². The second-order valence-electron chi connectivity index (χ2n) is 6.34. The van der Waals surface area contributed by atoms with Crippen molar-refractivity contribution in [3.63, 3.8) is 0 Å². The van der Waals surface area contributed by atoms with Crippen molar-refractivity contribution in [2.45, 2.75) is 25.4 Å². The fourth-order valence-corrected chi connectivity index (χ4v) is 2.44. The number of halogens is 7. The molecule has 0 saturated heterocycles. The van der Waals surface area contributed by atoms with Crippen molar-refractivity contribution in [1.82, 2.24) is 0 Å². The second kappa shape index (κ2) is 10.0. The first-order valence-corrected chi connectivity index (χ1v) is 9.03. The van der Waals surface area contributed by atoms with Crippen molar-refractivity contribution < 1.29 is 40.2 Å². The van der Waals surface area contributed by atoms with Gasteiger partial charge in [0.2, 0.25) is 0 Å². The van der Waals surface area contributed by atoms with E-state index in [1.807, 2.05) is 13.0 Å². The Labute approximate surface area is 178 Å². The van der Waals surface area contributed by atoms with E-state index in [4.69, 9.17) is 12.2 Å². The van der Waals surface area contributed by atoms with E-state index in [-0.39, 0.29) is 10.8 Å². The number of anilines is 2. The molecule has 0 aliphatic rings. The van der Waals surface area contributed by atoms with Crippen molar-refractivity contribution in [1.29, 1.82) is 0 Å². The zero-order valence-electron chi connectivity index (χ0n) is 15.9. The van der Waals surface area contributed by atoms with Gasteiger partial charge in [-0.2, -0.15) is 22.0 Å². The van der Waals surface area contributed by atoms with E-state index in [0.29, 0.717) is 5.69 Å². The van der Waals surface area contributed by atoms with Gasteiger partial charge in [-0.1, -0.05) is 18.2 Å². The highest BCUT2D eigenvalue weighted by Crippen LogP contribution is 2.30. The minimum absolute atomic E-state index is 0.0288. The standard InChI is InChI=1S/C19H17F7N2O2S/c1-11-4-2-3-5-15(11)28-17(31)27-12-6-13(29-9-18(22,23)16(20)21)8-14(7-12)30-10-19(24,25)26/h2-8,16H,9-10H2,1H3,(H2,27,28,31). The average Bonchev–Trinajstić information content (AvgIpc) is 2.66. The number of alkyl halides is 7. The average molecular weight is 470 g/mol. The number of rotatable bonds is 8. The molecular formula is C19H17F7N2O2S. The molecular weight excluding hydrogens is 453 g/mol. The molecule has 2 aromatic rings. The van der Waals surface area contributed by atoms with E-state index in [0.717, 1.165) is 23.8 Å². The van der Waals surface area contributed by atoms with E-state index in [2.05, 4.69) is 20.1 Å². The van der Waals surface area contributed by atoms with Gasteiger partial charge in [0.1, 0.15) is 11.5 Å². The number of ether oxygens (including phenoxy) is 2. The molecule has 12 heteroatoms. The summed E-state index contributed by atoms with van der Waals surface area (Å²) >= 11 is 5.14. The molecule has 0 saturated carbocycles. The van der Waals surface area contributed by atoms with Gasteiger partial charge in [0.25, 0.3) is 0 Å². The molecule has 2 aromatic carbocycles. The van der Waals surface area contributed by atoms with Gasteiger partial charge in [-0.15, -0.1) is 0 Å². The van der Waals surface area contributed by atoms with E-state index < -0.39 is 43.2 Å². The maximum absolute atomic E-state index is 13.1. The lowest BCUT2D eigenvalue weighted by Crippen LogP contribution is -2.33. The lowest BCUT2D eigenvalue weighted by molar-refractivity contribution is -0.153. The molecule has 0 unspecified atom stereocenters. The predicted molar refractivity (Wildman–Crippen MR) is 105 cm³/mol. The smallest absolute Gasteiger partial charge is 0.422 e. The third-order valence-corrected chi connectivity index (χ3v) is 3.89. The lowest BCUT2D eigenvalue weighted by atomic mass is 10.2. The molecule has 0 aromatic heterocycles. The van der Waals surface area contributed by atoms with Crippen LogP contribution in [0, 0.1) is 6.92 Å². The Balaban J connectivity index is 2.19. The minimum Gasteiger partial charge on any atom is -0.487 e. The Hall–Kier alpha value is -2.76. The fraction of sp³-hybridized carbons (Fsp3) is 0.316.